The van der Waals surface area contributed by atoms with Crippen LogP contribution >= 0.6 is 11.6 Å². The zero-order chi connectivity index (χ0) is 26.3. The molecule has 1 heterocycles. The lowest BCUT2D eigenvalue weighted by atomic mass is 10.1. The lowest BCUT2D eigenvalue weighted by molar-refractivity contribution is -0.0292. The first-order valence-electron chi connectivity index (χ1n) is 11.9. The summed E-state index contributed by atoms with van der Waals surface area (Å²) in [5.41, 5.74) is 0.861. The Hall–Kier alpha value is -2.88. The Morgan fingerprint density at radius 2 is 1.94 bits per heavy atom. The van der Waals surface area contributed by atoms with E-state index in [4.69, 9.17) is 25.8 Å². The molecule has 8 nitrogen and oxygen atoms in total. The van der Waals surface area contributed by atoms with Crippen molar-refractivity contribution in [3.05, 3.63) is 58.4 Å². The maximum atomic E-state index is 13.2. The van der Waals surface area contributed by atoms with Gasteiger partial charge in [-0.25, -0.2) is 9.18 Å². The third kappa shape index (κ3) is 8.36. The van der Waals surface area contributed by atoms with Crippen molar-refractivity contribution in [2.24, 2.45) is 0 Å². The quantitative estimate of drug-likeness (QED) is 0.516. The van der Waals surface area contributed by atoms with Crippen molar-refractivity contribution in [2.75, 3.05) is 38.2 Å². The molecule has 0 radical (unpaired) electrons. The summed E-state index contributed by atoms with van der Waals surface area (Å²) in [7, 11) is 0. The highest BCUT2D eigenvalue weighted by Gasteiger charge is 2.24. The van der Waals surface area contributed by atoms with Crippen molar-refractivity contribution in [3.8, 4) is 5.75 Å². The van der Waals surface area contributed by atoms with Gasteiger partial charge >= 0.3 is 6.09 Å². The zero-order valence-electron chi connectivity index (χ0n) is 21.0. The van der Waals surface area contributed by atoms with Crippen LogP contribution in [-0.4, -0.2) is 61.5 Å². The number of anilines is 1. The number of ether oxygens (including phenoxy) is 3. The van der Waals surface area contributed by atoms with Crippen LogP contribution in [0, 0.1) is 5.82 Å². The number of nitrogens with one attached hydrogen (secondary N) is 2. The van der Waals surface area contributed by atoms with E-state index in [-0.39, 0.29) is 39.9 Å². The Bertz CT molecular complexity index is 1060. The minimum Gasteiger partial charge on any atom is -0.493 e. The smallest absolute Gasteiger partial charge is 0.412 e. The third-order valence-electron chi connectivity index (χ3n) is 5.28. The number of carbonyl (C=O) groups excluding carboxylic acids is 2. The van der Waals surface area contributed by atoms with Crippen LogP contribution in [-0.2, 0) is 16.0 Å². The largest absolute Gasteiger partial charge is 0.493 e. The van der Waals surface area contributed by atoms with E-state index < -0.39 is 11.7 Å². The van der Waals surface area contributed by atoms with E-state index >= 15 is 0 Å². The number of hydrogen-bond acceptors (Lipinski definition) is 6. The van der Waals surface area contributed by atoms with E-state index in [1.807, 2.05) is 0 Å². The highest BCUT2D eigenvalue weighted by atomic mass is 35.5. The Kier molecular flexibility index (Phi) is 9.53. The van der Waals surface area contributed by atoms with Gasteiger partial charge in [0.2, 0.25) is 0 Å². The minimum atomic E-state index is -0.672. The molecule has 196 valence electrons. The van der Waals surface area contributed by atoms with Gasteiger partial charge in [-0.2, -0.15) is 0 Å². The molecular weight excluding hydrogens is 489 g/mol. The summed E-state index contributed by atoms with van der Waals surface area (Å²) < 4.78 is 29.9. The molecule has 2 aromatic rings. The minimum absolute atomic E-state index is 0.175. The number of carbonyl (C=O) groups is 2. The molecule has 2 aromatic carbocycles. The first-order chi connectivity index (χ1) is 17.0. The molecule has 1 aliphatic rings. The third-order valence-corrected chi connectivity index (χ3v) is 5.59. The van der Waals surface area contributed by atoms with Crippen LogP contribution in [0.3, 0.4) is 0 Å². The fourth-order valence-electron chi connectivity index (χ4n) is 3.71. The van der Waals surface area contributed by atoms with Crippen LogP contribution in [0.15, 0.2) is 36.4 Å². The number of rotatable bonds is 8. The molecular formula is C26H33ClFN3O5. The number of morpholine rings is 1. The average Bonchev–Trinajstić information content (AvgIpc) is 2.80. The average molecular weight is 522 g/mol. The van der Waals surface area contributed by atoms with Gasteiger partial charge in [-0.3, -0.25) is 15.0 Å². The van der Waals surface area contributed by atoms with Gasteiger partial charge in [0, 0.05) is 32.2 Å². The highest BCUT2D eigenvalue weighted by Crippen LogP contribution is 2.31. The Labute approximate surface area is 216 Å². The maximum Gasteiger partial charge on any atom is 0.412 e. The van der Waals surface area contributed by atoms with Gasteiger partial charge in [0.05, 0.1) is 35.6 Å². The molecule has 0 saturated carbocycles. The van der Waals surface area contributed by atoms with Crippen molar-refractivity contribution in [2.45, 2.75) is 45.9 Å². The van der Waals surface area contributed by atoms with E-state index in [9.17, 15) is 14.0 Å². The molecule has 0 bridgehead atoms. The summed E-state index contributed by atoms with van der Waals surface area (Å²) in [6, 6.07) is 9.39. The van der Waals surface area contributed by atoms with Gasteiger partial charge in [-0.15, -0.1) is 0 Å². The van der Waals surface area contributed by atoms with E-state index in [2.05, 4.69) is 15.5 Å². The topological polar surface area (TPSA) is 89.1 Å². The number of amides is 2. The predicted molar refractivity (Wildman–Crippen MR) is 136 cm³/mol. The molecule has 1 fully saturated rings. The summed E-state index contributed by atoms with van der Waals surface area (Å²) >= 11 is 6.36. The van der Waals surface area contributed by atoms with Crippen molar-refractivity contribution in [3.63, 3.8) is 0 Å². The summed E-state index contributed by atoms with van der Waals surface area (Å²) in [6.45, 7) is 10.2. The van der Waals surface area contributed by atoms with Crippen LogP contribution in [0.25, 0.3) is 0 Å². The molecule has 3 rings (SSSR count). The number of nitrogens with zero attached hydrogens (tertiary/aromatic N) is 1. The van der Waals surface area contributed by atoms with Crippen LogP contribution in [0.1, 0.15) is 43.6 Å². The van der Waals surface area contributed by atoms with Crippen LogP contribution < -0.4 is 15.4 Å². The lowest BCUT2D eigenvalue weighted by Crippen LogP contribution is -2.47. The number of benzene rings is 2. The van der Waals surface area contributed by atoms with Crippen molar-refractivity contribution in [1.29, 1.82) is 0 Å². The normalized spacial score (nSPS) is 16.3. The second-order valence-corrected chi connectivity index (χ2v) is 9.86. The highest BCUT2D eigenvalue weighted by molar-refractivity contribution is 6.34. The number of halogens is 2. The summed E-state index contributed by atoms with van der Waals surface area (Å²) in [5, 5.41) is 5.65. The molecule has 0 aliphatic carbocycles. The van der Waals surface area contributed by atoms with Crippen LogP contribution in [0.4, 0.5) is 14.9 Å². The molecule has 1 atom stereocenters. The molecule has 2 N–H and O–H groups in total. The molecule has 0 spiro atoms. The zero-order valence-corrected chi connectivity index (χ0v) is 21.8. The standard InChI is InChI=1S/C26H33ClFN3O5/c1-5-34-23-13-22(30-25(33)36-26(2,3)4)21(27)12-20(23)24(32)29-14-19-16-31(10-11-35-19)15-17-6-8-18(28)9-7-17/h6-9,12-13,19H,5,10-11,14-16H2,1-4H3,(H,29,32)(H,30,33). The van der Waals surface area contributed by atoms with Crippen molar-refractivity contribution < 1.29 is 28.2 Å². The molecule has 36 heavy (non-hydrogen) atoms. The first kappa shape index (κ1) is 27.7. The second-order valence-electron chi connectivity index (χ2n) is 9.45. The van der Waals surface area contributed by atoms with Crippen LogP contribution in [0.5, 0.6) is 5.75 Å². The van der Waals surface area contributed by atoms with Crippen molar-refractivity contribution in [1.82, 2.24) is 10.2 Å². The van der Waals surface area contributed by atoms with Crippen molar-refractivity contribution >= 4 is 29.3 Å². The Morgan fingerprint density at radius 1 is 1.22 bits per heavy atom. The molecule has 2 amide bonds. The predicted octanol–water partition coefficient (Wildman–Crippen LogP) is 4.86. The maximum absolute atomic E-state index is 13.2. The van der Waals surface area contributed by atoms with Crippen LogP contribution in [0.2, 0.25) is 5.02 Å². The van der Waals surface area contributed by atoms with E-state index in [1.54, 1.807) is 39.8 Å². The van der Waals surface area contributed by atoms with Gasteiger partial charge in [-0.1, -0.05) is 23.7 Å². The summed E-state index contributed by atoms with van der Waals surface area (Å²) in [5.74, 6) is -0.349. The Morgan fingerprint density at radius 3 is 2.61 bits per heavy atom. The van der Waals surface area contributed by atoms with Gasteiger partial charge in [-0.05, 0) is 51.5 Å². The fourth-order valence-corrected chi connectivity index (χ4v) is 3.92. The fraction of sp³-hybridized carbons (Fsp3) is 0.462. The summed E-state index contributed by atoms with van der Waals surface area (Å²) in [4.78, 5) is 27.4. The molecule has 0 aromatic heterocycles. The monoisotopic (exact) mass is 521 g/mol. The lowest BCUT2D eigenvalue weighted by Gasteiger charge is -2.33. The van der Waals surface area contributed by atoms with Gasteiger partial charge in [0.1, 0.15) is 17.2 Å². The molecule has 1 saturated heterocycles. The molecule has 10 heteroatoms. The van der Waals surface area contributed by atoms with E-state index in [1.165, 1.54) is 24.3 Å². The van der Waals surface area contributed by atoms with E-state index in [0.717, 1.165) is 12.1 Å². The van der Waals surface area contributed by atoms with E-state index in [0.29, 0.717) is 32.8 Å². The van der Waals surface area contributed by atoms with Gasteiger partial charge < -0.3 is 19.5 Å². The summed E-state index contributed by atoms with van der Waals surface area (Å²) in [6.07, 6.45) is -0.869. The van der Waals surface area contributed by atoms with Gasteiger partial charge in [0.15, 0.2) is 0 Å². The second kappa shape index (κ2) is 12.4. The molecule has 1 aliphatic heterocycles. The Balaban J connectivity index is 1.62. The van der Waals surface area contributed by atoms with Gasteiger partial charge in [0.25, 0.3) is 5.91 Å². The SMILES string of the molecule is CCOc1cc(NC(=O)OC(C)(C)C)c(Cl)cc1C(=O)NCC1CN(Cc2ccc(F)cc2)CCO1. The molecule has 1 unspecified atom stereocenters. The number of hydrogen-bond donors (Lipinski definition) is 2. The first-order valence-corrected chi connectivity index (χ1v) is 12.2.